The van der Waals surface area contributed by atoms with E-state index in [-0.39, 0.29) is 23.1 Å². The second-order valence-electron chi connectivity index (χ2n) is 25.9. The van der Waals surface area contributed by atoms with Crippen molar-refractivity contribution in [2.75, 3.05) is 4.90 Å². The number of hydrogen-bond donors (Lipinski definition) is 0. The lowest BCUT2D eigenvalue weighted by Crippen LogP contribution is -2.59. The van der Waals surface area contributed by atoms with E-state index in [1.807, 2.05) is 6.07 Å². The molecule has 6 heteroatoms. The Hall–Kier alpha value is -10.3. The standard InChI is InChI=1S/C81H63BN4O/c1-50-36-40-65-76(44-50)87-77-46-52(57-29-21-35-73(84-67-31-17-12-25-58(67)59-26-13-18-32-68(59)84)79(57)86-69-33-19-14-27-60(69)61-28-15-20-34-70(61)86)45-75-78(77)82(65)64-41-39-55(49-74(64)85(75)66-30-16-11-24-56(66)51-22-9-8-10-23-51)83-71-42-37-53(80(2,3)4)47-62(71)63-48-54(81(5,6)7)38-43-72(63)83/h8-49H,1-7H3/i1D3. The van der Waals surface area contributed by atoms with Crippen LogP contribution in [-0.4, -0.2) is 20.4 Å². The average Bonchev–Trinajstić information content (AvgIpc) is 0.861. The molecule has 15 aromatic rings. The highest BCUT2D eigenvalue weighted by molar-refractivity contribution is 6.99. The van der Waals surface area contributed by atoms with Crippen LogP contribution in [0.15, 0.2) is 255 Å². The van der Waals surface area contributed by atoms with Gasteiger partial charge in [0.25, 0.3) is 6.71 Å². The van der Waals surface area contributed by atoms with E-state index >= 15 is 0 Å². The number of anilines is 3. The highest BCUT2D eigenvalue weighted by Gasteiger charge is 2.43. The topological polar surface area (TPSA) is 27.3 Å². The van der Waals surface area contributed by atoms with Crippen molar-refractivity contribution in [3.8, 4) is 50.8 Å². The minimum absolute atomic E-state index is 0.0609. The van der Waals surface area contributed by atoms with Crippen LogP contribution in [0.2, 0.25) is 0 Å². The summed E-state index contributed by atoms with van der Waals surface area (Å²) in [7, 11) is 0. The fourth-order valence-corrected chi connectivity index (χ4v) is 14.6. The second kappa shape index (κ2) is 18.9. The zero-order chi connectivity index (χ0) is 61.1. The van der Waals surface area contributed by atoms with Gasteiger partial charge in [-0.3, -0.25) is 0 Å². The van der Waals surface area contributed by atoms with E-state index in [1.165, 1.54) is 32.7 Å². The summed E-state index contributed by atoms with van der Waals surface area (Å²) in [6, 6.07) is 92.4. The van der Waals surface area contributed by atoms with Crippen molar-refractivity contribution >= 4 is 106 Å². The summed E-state index contributed by atoms with van der Waals surface area (Å²) in [5, 5.41) is 7.11. The van der Waals surface area contributed by atoms with Crippen molar-refractivity contribution in [1.29, 1.82) is 0 Å². The molecule has 2 aliphatic heterocycles. The van der Waals surface area contributed by atoms with Gasteiger partial charge in [-0.2, -0.15) is 0 Å². The van der Waals surface area contributed by atoms with Crippen LogP contribution < -0.4 is 26.0 Å². The van der Waals surface area contributed by atoms with Gasteiger partial charge in [0.15, 0.2) is 0 Å². The Morgan fingerprint density at radius 2 is 0.885 bits per heavy atom. The summed E-state index contributed by atoms with van der Waals surface area (Å²) in [5.41, 5.74) is 22.5. The van der Waals surface area contributed by atoms with Gasteiger partial charge < -0.3 is 23.3 Å². The Balaban J connectivity index is 0.999. The van der Waals surface area contributed by atoms with Crippen molar-refractivity contribution in [3.05, 3.63) is 271 Å². The molecule has 5 heterocycles. The molecule has 17 rings (SSSR count). The predicted molar refractivity (Wildman–Crippen MR) is 368 cm³/mol. The van der Waals surface area contributed by atoms with E-state index in [0.29, 0.717) is 11.5 Å². The Bertz CT molecular complexity index is 5320. The SMILES string of the molecule is [2H]C([2H])([2H])c1ccc2c(c1)Oc1cc(-c3cccc(-n4c5ccccc5c5ccccc54)c3-n3c4ccccc4c4ccccc43)cc3c1B2c1ccc(-n2c4ccc(C(C)(C)C)cc4c4cc(C(C)(C)C)ccc42)cc1N3c1ccccc1-c1ccccc1. The molecule has 0 saturated heterocycles. The third kappa shape index (κ3) is 7.73. The van der Waals surface area contributed by atoms with E-state index in [1.54, 1.807) is 12.1 Å². The lowest BCUT2D eigenvalue weighted by molar-refractivity contribution is 0.487. The number of para-hydroxylation sites is 6. The van der Waals surface area contributed by atoms with Crippen LogP contribution >= 0.6 is 0 Å². The van der Waals surface area contributed by atoms with Crippen molar-refractivity contribution in [2.45, 2.75) is 59.2 Å². The third-order valence-electron chi connectivity index (χ3n) is 18.7. The second-order valence-corrected chi connectivity index (χ2v) is 25.9. The van der Waals surface area contributed by atoms with Gasteiger partial charge in [0.05, 0.1) is 50.2 Å². The molecule has 0 amide bonds. The van der Waals surface area contributed by atoms with E-state index < -0.39 is 6.85 Å². The first-order valence-electron chi connectivity index (χ1n) is 31.9. The number of aryl methyl sites for hydroxylation is 1. The number of rotatable bonds is 6. The molecule has 0 aliphatic carbocycles. The zero-order valence-electron chi connectivity index (χ0n) is 52.5. The minimum Gasteiger partial charge on any atom is -0.458 e. The maximum Gasteiger partial charge on any atom is 0.256 e. The molecule has 0 radical (unpaired) electrons. The van der Waals surface area contributed by atoms with Crippen molar-refractivity contribution in [3.63, 3.8) is 0 Å². The van der Waals surface area contributed by atoms with Crippen molar-refractivity contribution in [1.82, 2.24) is 13.7 Å². The molecule has 0 unspecified atom stereocenters. The van der Waals surface area contributed by atoms with Crippen LogP contribution in [0.5, 0.6) is 11.5 Å². The Labute approximate surface area is 511 Å². The molecular weight excluding hydrogens is 1060 g/mol. The van der Waals surface area contributed by atoms with E-state index in [2.05, 4.69) is 297 Å². The minimum atomic E-state index is -2.36. The molecule has 2 aliphatic rings. The fourth-order valence-electron chi connectivity index (χ4n) is 14.6. The first-order valence-corrected chi connectivity index (χ1v) is 30.4. The maximum atomic E-state index is 8.69. The number of aromatic nitrogens is 3. The molecule has 3 aromatic heterocycles. The first-order chi connectivity index (χ1) is 43.6. The molecule has 87 heavy (non-hydrogen) atoms. The Kier molecular flexibility index (Phi) is 10.4. The van der Waals surface area contributed by atoms with Gasteiger partial charge in [-0.05, 0) is 153 Å². The summed E-state index contributed by atoms with van der Waals surface area (Å²) in [5.74, 6) is 1.20. The van der Waals surface area contributed by atoms with Crippen LogP contribution in [0.4, 0.5) is 17.1 Å². The predicted octanol–water partition coefficient (Wildman–Crippen LogP) is 19.6. The van der Waals surface area contributed by atoms with Gasteiger partial charge >= 0.3 is 0 Å². The number of hydrogen-bond acceptors (Lipinski definition) is 2. The van der Waals surface area contributed by atoms with Gasteiger partial charge in [-0.1, -0.05) is 205 Å². The number of fused-ring (bicyclic) bond motifs is 13. The lowest BCUT2D eigenvalue weighted by atomic mass is 9.34. The highest BCUT2D eigenvalue weighted by Crippen LogP contribution is 2.50. The van der Waals surface area contributed by atoms with E-state index in [0.717, 1.165) is 117 Å². The Morgan fingerprint density at radius 3 is 1.49 bits per heavy atom. The summed E-state index contributed by atoms with van der Waals surface area (Å²) >= 11 is 0. The van der Waals surface area contributed by atoms with Gasteiger partial charge in [-0.15, -0.1) is 0 Å². The zero-order valence-corrected chi connectivity index (χ0v) is 49.5. The number of benzene rings is 12. The molecule has 0 bridgehead atoms. The summed E-state index contributed by atoms with van der Waals surface area (Å²) in [6.45, 7) is 11.0. The summed E-state index contributed by atoms with van der Waals surface area (Å²) in [4.78, 5) is 2.49. The van der Waals surface area contributed by atoms with Crippen LogP contribution in [0.3, 0.4) is 0 Å². The average molecular weight is 1120 g/mol. The summed E-state index contributed by atoms with van der Waals surface area (Å²) < 4.78 is 40.8. The molecule has 0 N–H and O–H groups in total. The molecule has 5 nitrogen and oxygen atoms in total. The van der Waals surface area contributed by atoms with Crippen LogP contribution in [-0.2, 0) is 10.8 Å². The molecule has 0 spiro atoms. The van der Waals surface area contributed by atoms with Crippen molar-refractivity contribution in [2.24, 2.45) is 0 Å². The molecule has 0 atom stereocenters. The van der Waals surface area contributed by atoms with Gasteiger partial charge in [0.2, 0.25) is 0 Å². The normalized spacial score (nSPS) is 13.7. The highest BCUT2D eigenvalue weighted by atomic mass is 16.5. The van der Waals surface area contributed by atoms with Crippen LogP contribution in [0.1, 0.15) is 62.3 Å². The third-order valence-corrected chi connectivity index (χ3v) is 18.7. The number of nitrogens with zero attached hydrogens (tertiary/aromatic N) is 4. The molecular formula is C81H63BN4O. The molecule has 0 fully saturated rings. The molecule has 0 saturated carbocycles. The first kappa shape index (κ1) is 48.0. The van der Waals surface area contributed by atoms with E-state index in [4.69, 9.17) is 8.85 Å². The van der Waals surface area contributed by atoms with E-state index in [9.17, 15) is 0 Å². The van der Waals surface area contributed by atoms with Gasteiger partial charge in [-0.25, -0.2) is 0 Å². The number of ether oxygens (including phenoxy) is 1. The largest absolute Gasteiger partial charge is 0.458 e. The monoisotopic (exact) mass is 1120 g/mol. The molecule has 12 aromatic carbocycles. The summed E-state index contributed by atoms with van der Waals surface area (Å²) in [6.07, 6.45) is 0. The fraction of sp³-hybridized carbons (Fsp3) is 0.111. The van der Waals surface area contributed by atoms with Crippen LogP contribution in [0.25, 0.3) is 105 Å². The molecule has 416 valence electrons. The van der Waals surface area contributed by atoms with Gasteiger partial charge in [0.1, 0.15) is 11.5 Å². The van der Waals surface area contributed by atoms with Crippen molar-refractivity contribution < 1.29 is 8.85 Å². The lowest BCUT2D eigenvalue weighted by Gasteiger charge is -2.41. The van der Waals surface area contributed by atoms with Crippen LogP contribution in [0, 0.1) is 6.85 Å². The maximum absolute atomic E-state index is 8.69. The van der Waals surface area contributed by atoms with Gasteiger partial charge in [0, 0.05) is 64.6 Å². The Morgan fingerprint density at radius 1 is 0.356 bits per heavy atom. The smallest absolute Gasteiger partial charge is 0.256 e. The quantitative estimate of drug-likeness (QED) is 0.155.